The highest BCUT2D eigenvalue weighted by atomic mass is 16.3. The summed E-state index contributed by atoms with van der Waals surface area (Å²) in [6.45, 7) is 11.9. The van der Waals surface area contributed by atoms with Gasteiger partial charge in [0.25, 0.3) is 0 Å². The second-order valence-electron chi connectivity index (χ2n) is 8.24. The molecule has 0 bridgehead atoms. The highest BCUT2D eigenvalue weighted by Crippen LogP contribution is 2.29. The van der Waals surface area contributed by atoms with Crippen LogP contribution in [0.1, 0.15) is 52.9 Å². The molecule has 2 rings (SSSR count). The van der Waals surface area contributed by atoms with E-state index < -0.39 is 5.60 Å². The van der Waals surface area contributed by atoms with Gasteiger partial charge in [0.2, 0.25) is 0 Å². The molecule has 1 saturated heterocycles. The summed E-state index contributed by atoms with van der Waals surface area (Å²) in [5.41, 5.74) is -0.486. The molecule has 1 aliphatic heterocycles. The molecule has 1 heterocycles. The number of nitrogens with zero attached hydrogens (tertiary/aromatic N) is 2. The third kappa shape index (κ3) is 5.20. The first kappa shape index (κ1) is 17.2. The Morgan fingerprint density at radius 3 is 2.00 bits per heavy atom. The van der Waals surface area contributed by atoms with Crippen LogP contribution >= 0.6 is 0 Å². The molecular weight excluding hydrogens is 264 g/mol. The fourth-order valence-electron chi connectivity index (χ4n) is 3.43. The van der Waals surface area contributed by atoms with E-state index in [9.17, 15) is 10.2 Å². The highest BCUT2D eigenvalue weighted by Gasteiger charge is 2.33. The lowest BCUT2D eigenvalue weighted by atomic mass is 9.84. The monoisotopic (exact) mass is 298 g/mol. The summed E-state index contributed by atoms with van der Waals surface area (Å²) in [6.07, 6.45) is 5.29. The first-order valence-corrected chi connectivity index (χ1v) is 8.64. The molecule has 1 atom stereocenters. The van der Waals surface area contributed by atoms with Crippen molar-refractivity contribution >= 4 is 0 Å². The number of rotatable bonds is 4. The first-order chi connectivity index (χ1) is 9.78. The molecule has 2 N–H and O–H groups in total. The van der Waals surface area contributed by atoms with Gasteiger partial charge in [0.15, 0.2) is 0 Å². The minimum Gasteiger partial charge on any atom is -0.391 e. The Morgan fingerprint density at radius 1 is 0.952 bits per heavy atom. The van der Waals surface area contributed by atoms with Crippen molar-refractivity contribution in [2.24, 2.45) is 5.41 Å². The van der Waals surface area contributed by atoms with Gasteiger partial charge in [-0.15, -0.1) is 0 Å². The number of hydrogen-bond acceptors (Lipinski definition) is 4. The third-order valence-electron chi connectivity index (χ3n) is 5.20. The molecule has 4 nitrogen and oxygen atoms in total. The SMILES string of the molecule is CC(C)(C)[C@H](O)CN1CCN(CC2(O)CCCCC2)CC1. The van der Waals surface area contributed by atoms with Crippen molar-refractivity contribution in [2.45, 2.75) is 64.6 Å². The molecule has 21 heavy (non-hydrogen) atoms. The van der Waals surface area contributed by atoms with Crippen LogP contribution in [0.4, 0.5) is 0 Å². The van der Waals surface area contributed by atoms with E-state index in [0.717, 1.165) is 52.1 Å². The summed E-state index contributed by atoms with van der Waals surface area (Å²) in [5, 5.41) is 20.9. The van der Waals surface area contributed by atoms with Gasteiger partial charge in [-0.1, -0.05) is 40.0 Å². The van der Waals surface area contributed by atoms with E-state index >= 15 is 0 Å². The summed E-state index contributed by atoms with van der Waals surface area (Å²) in [4.78, 5) is 4.77. The van der Waals surface area contributed by atoms with Crippen LogP contribution < -0.4 is 0 Å². The average molecular weight is 298 g/mol. The van der Waals surface area contributed by atoms with Crippen molar-refractivity contribution in [1.29, 1.82) is 0 Å². The summed E-state index contributed by atoms with van der Waals surface area (Å²) in [5.74, 6) is 0. The maximum Gasteiger partial charge on any atom is 0.0774 e. The molecule has 4 heteroatoms. The van der Waals surface area contributed by atoms with Crippen molar-refractivity contribution in [3.8, 4) is 0 Å². The molecule has 0 aromatic carbocycles. The Labute approximate surface area is 130 Å². The maximum atomic E-state index is 10.6. The lowest BCUT2D eigenvalue weighted by Gasteiger charge is -2.42. The zero-order valence-electron chi connectivity index (χ0n) is 14.1. The van der Waals surface area contributed by atoms with E-state index in [1.807, 2.05) is 0 Å². The van der Waals surface area contributed by atoms with Crippen LogP contribution in [-0.4, -0.2) is 71.0 Å². The Balaban J connectivity index is 1.73. The van der Waals surface area contributed by atoms with Gasteiger partial charge in [-0.3, -0.25) is 9.80 Å². The molecule has 1 saturated carbocycles. The number of aliphatic hydroxyl groups is 2. The van der Waals surface area contributed by atoms with Crippen LogP contribution in [-0.2, 0) is 0 Å². The highest BCUT2D eigenvalue weighted by molar-refractivity contribution is 4.88. The van der Waals surface area contributed by atoms with Crippen LogP contribution in [0.3, 0.4) is 0 Å². The van der Waals surface area contributed by atoms with Gasteiger partial charge in [0.1, 0.15) is 0 Å². The summed E-state index contributed by atoms with van der Waals surface area (Å²) >= 11 is 0. The van der Waals surface area contributed by atoms with E-state index in [-0.39, 0.29) is 11.5 Å². The minimum absolute atomic E-state index is 0.0472. The van der Waals surface area contributed by atoms with E-state index in [1.54, 1.807) is 0 Å². The molecule has 0 unspecified atom stereocenters. The van der Waals surface area contributed by atoms with Crippen LogP contribution in [0.2, 0.25) is 0 Å². The molecular formula is C17H34N2O2. The van der Waals surface area contributed by atoms with Gasteiger partial charge >= 0.3 is 0 Å². The third-order valence-corrected chi connectivity index (χ3v) is 5.20. The van der Waals surface area contributed by atoms with E-state index in [4.69, 9.17) is 0 Å². The topological polar surface area (TPSA) is 46.9 Å². The standard InChI is InChI=1S/C17H34N2O2/c1-16(2,3)15(20)13-18-9-11-19(12-10-18)14-17(21)7-5-4-6-8-17/h15,20-21H,4-14H2,1-3H3/t15-/m1/s1. The second-order valence-corrected chi connectivity index (χ2v) is 8.24. The molecule has 0 aromatic heterocycles. The molecule has 0 amide bonds. The van der Waals surface area contributed by atoms with Gasteiger partial charge in [-0.05, 0) is 18.3 Å². The second kappa shape index (κ2) is 6.95. The van der Waals surface area contributed by atoms with Gasteiger partial charge in [-0.2, -0.15) is 0 Å². The molecule has 0 aromatic rings. The van der Waals surface area contributed by atoms with Crippen molar-refractivity contribution in [3.63, 3.8) is 0 Å². The van der Waals surface area contributed by atoms with E-state index in [0.29, 0.717) is 0 Å². The predicted molar refractivity (Wildman–Crippen MR) is 86.4 cm³/mol. The zero-order valence-corrected chi connectivity index (χ0v) is 14.1. The van der Waals surface area contributed by atoms with Crippen LogP contribution in [0.5, 0.6) is 0 Å². The predicted octanol–water partition coefficient (Wildman–Crippen LogP) is 1.71. The lowest BCUT2D eigenvalue weighted by molar-refractivity contribution is -0.0416. The Morgan fingerprint density at radius 2 is 1.48 bits per heavy atom. The summed E-state index contributed by atoms with van der Waals surface area (Å²) in [7, 11) is 0. The number of aliphatic hydroxyl groups excluding tert-OH is 1. The Bertz CT molecular complexity index is 313. The molecule has 124 valence electrons. The van der Waals surface area contributed by atoms with Crippen LogP contribution in [0.25, 0.3) is 0 Å². The summed E-state index contributed by atoms with van der Waals surface area (Å²) < 4.78 is 0. The van der Waals surface area contributed by atoms with Gasteiger partial charge in [0, 0.05) is 39.3 Å². The van der Waals surface area contributed by atoms with Crippen LogP contribution in [0, 0.1) is 5.41 Å². The van der Waals surface area contributed by atoms with Crippen molar-refractivity contribution < 1.29 is 10.2 Å². The van der Waals surface area contributed by atoms with Crippen molar-refractivity contribution in [1.82, 2.24) is 9.80 Å². The fraction of sp³-hybridized carbons (Fsp3) is 1.00. The number of β-amino-alcohol motifs (C(OH)–C–C–N with tert-alkyl or cyclic N) is 2. The summed E-state index contributed by atoms with van der Waals surface area (Å²) in [6, 6.07) is 0. The van der Waals surface area contributed by atoms with Crippen molar-refractivity contribution in [2.75, 3.05) is 39.3 Å². The minimum atomic E-state index is -0.439. The molecule has 2 aliphatic rings. The fourth-order valence-corrected chi connectivity index (χ4v) is 3.43. The smallest absolute Gasteiger partial charge is 0.0774 e. The molecule has 0 spiro atoms. The normalized spacial score (nSPS) is 26.7. The number of hydrogen-bond donors (Lipinski definition) is 2. The quantitative estimate of drug-likeness (QED) is 0.829. The lowest BCUT2D eigenvalue weighted by Crippen LogP contribution is -2.54. The average Bonchev–Trinajstić information content (AvgIpc) is 2.40. The van der Waals surface area contributed by atoms with Gasteiger partial charge in [0.05, 0.1) is 11.7 Å². The Kier molecular flexibility index (Phi) is 5.69. The van der Waals surface area contributed by atoms with E-state index in [2.05, 4.69) is 30.6 Å². The molecule has 1 aliphatic carbocycles. The first-order valence-electron chi connectivity index (χ1n) is 8.64. The number of piperazine rings is 1. The van der Waals surface area contributed by atoms with Gasteiger partial charge < -0.3 is 10.2 Å². The van der Waals surface area contributed by atoms with E-state index in [1.165, 1.54) is 19.3 Å². The van der Waals surface area contributed by atoms with Crippen molar-refractivity contribution in [3.05, 3.63) is 0 Å². The molecule has 0 radical (unpaired) electrons. The Hall–Kier alpha value is -0.160. The van der Waals surface area contributed by atoms with Gasteiger partial charge in [-0.25, -0.2) is 0 Å². The zero-order chi connectivity index (χ0) is 15.5. The maximum absolute atomic E-state index is 10.6. The van der Waals surface area contributed by atoms with Crippen LogP contribution in [0.15, 0.2) is 0 Å². The largest absolute Gasteiger partial charge is 0.391 e. The molecule has 2 fully saturated rings.